The van der Waals surface area contributed by atoms with E-state index in [0.717, 1.165) is 31.7 Å². The molecule has 0 radical (unpaired) electrons. The van der Waals surface area contributed by atoms with E-state index in [9.17, 15) is 14.0 Å². The molecule has 0 heterocycles. The quantitative estimate of drug-likeness (QED) is 0.841. The van der Waals surface area contributed by atoms with Crippen LogP contribution < -0.4 is 5.32 Å². The third-order valence-corrected chi connectivity index (χ3v) is 4.19. The van der Waals surface area contributed by atoms with Gasteiger partial charge in [-0.05, 0) is 53.9 Å². The molecule has 0 spiro atoms. The molecule has 0 saturated heterocycles. The minimum absolute atomic E-state index is 0.0653. The first-order valence-electron chi connectivity index (χ1n) is 6.94. The van der Waals surface area contributed by atoms with Crippen LogP contribution in [0.1, 0.15) is 43.0 Å². The van der Waals surface area contributed by atoms with E-state index < -0.39 is 17.9 Å². The molecule has 1 amide bonds. The summed E-state index contributed by atoms with van der Waals surface area (Å²) in [5, 5.41) is 2.86. The van der Waals surface area contributed by atoms with Gasteiger partial charge in [-0.2, -0.15) is 0 Å². The van der Waals surface area contributed by atoms with E-state index in [1.165, 1.54) is 19.1 Å². The molecule has 0 aromatic heterocycles. The number of nitrogens with one attached hydrogen (secondary N) is 1. The minimum Gasteiger partial charge on any atom is -0.449 e. The average molecular weight is 358 g/mol. The number of benzene rings is 1. The Hall–Kier alpha value is -1.43. The maximum absolute atomic E-state index is 13.2. The molecular weight excluding hydrogens is 341 g/mol. The highest BCUT2D eigenvalue weighted by atomic mass is 79.9. The monoisotopic (exact) mass is 357 g/mol. The fraction of sp³-hybridized carbons (Fsp3) is 0.467. The number of hydrogen-bond donors (Lipinski definition) is 1. The second-order valence-electron chi connectivity index (χ2n) is 5.16. The van der Waals surface area contributed by atoms with Crippen molar-refractivity contribution >= 4 is 27.8 Å². The van der Waals surface area contributed by atoms with Gasteiger partial charge in [0.2, 0.25) is 0 Å². The second-order valence-corrected chi connectivity index (χ2v) is 6.02. The van der Waals surface area contributed by atoms with Crippen molar-refractivity contribution in [3.63, 3.8) is 0 Å². The SMILES string of the molecule is C[C@H](OC(=O)c1cc(F)ccc1Br)C(=O)NC1CCCC1. The Morgan fingerprint density at radius 2 is 2.05 bits per heavy atom. The Balaban J connectivity index is 1.94. The van der Waals surface area contributed by atoms with Crippen molar-refractivity contribution in [1.82, 2.24) is 5.32 Å². The topological polar surface area (TPSA) is 55.4 Å². The number of rotatable bonds is 4. The van der Waals surface area contributed by atoms with Gasteiger partial charge in [-0.15, -0.1) is 0 Å². The summed E-state index contributed by atoms with van der Waals surface area (Å²) in [5.41, 5.74) is 0.0653. The van der Waals surface area contributed by atoms with Gasteiger partial charge in [0.05, 0.1) is 5.56 Å². The third kappa shape index (κ3) is 4.27. The van der Waals surface area contributed by atoms with Gasteiger partial charge in [-0.25, -0.2) is 9.18 Å². The van der Waals surface area contributed by atoms with E-state index in [1.54, 1.807) is 0 Å². The van der Waals surface area contributed by atoms with E-state index in [2.05, 4.69) is 21.2 Å². The molecule has 4 nitrogen and oxygen atoms in total. The largest absolute Gasteiger partial charge is 0.449 e. The van der Waals surface area contributed by atoms with Crippen molar-refractivity contribution in [2.45, 2.75) is 44.8 Å². The highest BCUT2D eigenvalue weighted by Gasteiger charge is 2.24. The van der Waals surface area contributed by atoms with Gasteiger partial charge in [0.15, 0.2) is 6.10 Å². The smallest absolute Gasteiger partial charge is 0.340 e. The first-order valence-corrected chi connectivity index (χ1v) is 7.73. The van der Waals surface area contributed by atoms with E-state index in [0.29, 0.717) is 4.47 Å². The number of carbonyl (C=O) groups is 2. The molecule has 0 aliphatic heterocycles. The van der Waals surface area contributed by atoms with Gasteiger partial charge in [0, 0.05) is 10.5 Å². The van der Waals surface area contributed by atoms with E-state index in [-0.39, 0.29) is 17.5 Å². The number of halogens is 2. The zero-order valence-electron chi connectivity index (χ0n) is 11.7. The molecule has 1 aromatic carbocycles. The second kappa shape index (κ2) is 7.02. The lowest BCUT2D eigenvalue weighted by Crippen LogP contribution is -2.40. The lowest BCUT2D eigenvalue weighted by atomic mass is 10.2. The lowest BCUT2D eigenvalue weighted by molar-refractivity contribution is -0.129. The highest BCUT2D eigenvalue weighted by molar-refractivity contribution is 9.10. The fourth-order valence-electron chi connectivity index (χ4n) is 2.32. The first-order chi connectivity index (χ1) is 9.97. The highest BCUT2D eigenvalue weighted by Crippen LogP contribution is 2.20. The van der Waals surface area contributed by atoms with Gasteiger partial charge < -0.3 is 10.1 Å². The van der Waals surface area contributed by atoms with Crippen molar-refractivity contribution in [3.8, 4) is 0 Å². The summed E-state index contributed by atoms with van der Waals surface area (Å²) >= 11 is 3.16. The number of esters is 1. The van der Waals surface area contributed by atoms with Crippen LogP contribution in [-0.2, 0) is 9.53 Å². The van der Waals surface area contributed by atoms with Crippen LogP contribution >= 0.6 is 15.9 Å². The van der Waals surface area contributed by atoms with Gasteiger partial charge in [-0.1, -0.05) is 12.8 Å². The molecule has 114 valence electrons. The van der Waals surface area contributed by atoms with Gasteiger partial charge in [0.1, 0.15) is 5.82 Å². The van der Waals surface area contributed by atoms with Gasteiger partial charge >= 0.3 is 5.97 Å². The van der Waals surface area contributed by atoms with Crippen LogP contribution in [0.3, 0.4) is 0 Å². The Morgan fingerprint density at radius 3 is 2.71 bits per heavy atom. The molecule has 21 heavy (non-hydrogen) atoms. The number of carbonyl (C=O) groups excluding carboxylic acids is 2. The molecule has 1 fully saturated rings. The van der Waals surface area contributed by atoms with Crippen molar-refractivity contribution in [1.29, 1.82) is 0 Å². The molecule has 1 aromatic rings. The summed E-state index contributed by atoms with van der Waals surface area (Å²) < 4.78 is 18.7. The molecule has 1 saturated carbocycles. The predicted molar refractivity (Wildman–Crippen MR) is 79.4 cm³/mol. The van der Waals surface area contributed by atoms with E-state index >= 15 is 0 Å². The molecule has 6 heteroatoms. The summed E-state index contributed by atoms with van der Waals surface area (Å²) in [7, 11) is 0. The van der Waals surface area contributed by atoms with Crippen LogP contribution in [-0.4, -0.2) is 24.0 Å². The first kappa shape index (κ1) is 15.9. The molecule has 1 aliphatic rings. The third-order valence-electron chi connectivity index (χ3n) is 3.50. The zero-order chi connectivity index (χ0) is 15.4. The van der Waals surface area contributed by atoms with E-state index in [1.807, 2.05) is 0 Å². The Morgan fingerprint density at radius 1 is 1.38 bits per heavy atom. The van der Waals surface area contributed by atoms with Crippen molar-refractivity contribution in [3.05, 3.63) is 34.1 Å². The molecule has 1 N–H and O–H groups in total. The molecule has 1 atom stereocenters. The van der Waals surface area contributed by atoms with Crippen LogP contribution in [0.5, 0.6) is 0 Å². The number of ether oxygens (including phenoxy) is 1. The molecule has 0 unspecified atom stereocenters. The normalized spacial score (nSPS) is 16.5. The van der Waals surface area contributed by atoms with Crippen LogP contribution in [0.2, 0.25) is 0 Å². The lowest BCUT2D eigenvalue weighted by Gasteiger charge is -2.17. The summed E-state index contributed by atoms with van der Waals surface area (Å²) in [5.74, 6) is -1.58. The van der Waals surface area contributed by atoms with Crippen molar-refractivity contribution in [2.75, 3.05) is 0 Å². The predicted octanol–water partition coefficient (Wildman–Crippen LogP) is 3.19. The Kier molecular flexibility index (Phi) is 5.33. The zero-order valence-corrected chi connectivity index (χ0v) is 13.3. The number of amides is 1. The van der Waals surface area contributed by atoms with Crippen molar-refractivity contribution in [2.24, 2.45) is 0 Å². The van der Waals surface area contributed by atoms with Crippen LogP contribution in [0, 0.1) is 5.82 Å². The Bertz CT molecular complexity index is 544. The number of hydrogen-bond acceptors (Lipinski definition) is 3. The van der Waals surface area contributed by atoms with Gasteiger partial charge in [-0.3, -0.25) is 4.79 Å². The molecule has 2 rings (SSSR count). The molecular formula is C15H17BrFNO3. The van der Waals surface area contributed by atoms with E-state index in [4.69, 9.17) is 4.74 Å². The Labute approximate surface area is 131 Å². The summed E-state index contributed by atoms with van der Waals surface area (Å²) in [6.45, 7) is 1.51. The minimum atomic E-state index is -0.909. The van der Waals surface area contributed by atoms with Crippen LogP contribution in [0.15, 0.2) is 22.7 Å². The standard InChI is InChI=1S/C15H17BrFNO3/c1-9(14(19)18-11-4-2-3-5-11)21-15(20)12-8-10(17)6-7-13(12)16/h6-9,11H,2-5H2,1H3,(H,18,19)/t9-/m0/s1. The summed E-state index contributed by atoms with van der Waals surface area (Å²) in [6.07, 6.45) is 3.22. The molecule has 0 bridgehead atoms. The maximum atomic E-state index is 13.2. The average Bonchev–Trinajstić information content (AvgIpc) is 2.94. The summed E-state index contributed by atoms with van der Waals surface area (Å²) in [4.78, 5) is 23.9. The summed E-state index contributed by atoms with van der Waals surface area (Å²) in [6, 6.07) is 3.90. The van der Waals surface area contributed by atoms with Crippen LogP contribution in [0.25, 0.3) is 0 Å². The maximum Gasteiger partial charge on any atom is 0.340 e. The fourth-order valence-corrected chi connectivity index (χ4v) is 2.73. The molecule has 1 aliphatic carbocycles. The van der Waals surface area contributed by atoms with Gasteiger partial charge in [0.25, 0.3) is 5.91 Å². The van der Waals surface area contributed by atoms with Crippen molar-refractivity contribution < 1.29 is 18.7 Å². The van der Waals surface area contributed by atoms with Crippen LogP contribution in [0.4, 0.5) is 4.39 Å².